The van der Waals surface area contributed by atoms with Gasteiger partial charge in [0.1, 0.15) is 11.8 Å². The molecule has 1 rings (SSSR count). The summed E-state index contributed by atoms with van der Waals surface area (Å²) in [5, 5.41) is 20.9. The first-order chi connectivity index (χ1) is 9.43. The van der Waals surface area contributed by atoms with Crippen molar-refractivity contribution in [2.75, 3.05) is 0 Å². The van der Waals surface area contributed by atoms with Crippen molar-refractivity contribution in [1.29, 1.82) is 0 Å². The average molecular weight is 279 g/mol. The lowest BCUT2D eigenvalue weighted by Crippen LogP contribution is -2.44. The lowest BCUT2D eigenvalue weighted by atomic mass is 10.0. The van der Waals surface area contributed by atoms with Crippen LogP contribution in [0.25, 0.3) is 0 Å². The predicted octanol–water partition coefficient (Wildman–Crippen LogP) is 1.94. The molecule has 2 unspecified atom stereocenters. The number of benzene rings is 1. The molecule has 0 bridgehead atoms. The summed E-state index contributed by atoms with van der Waals surface area (Å²) in [6, 6.07) is 5.33. The van der Waals surface area contributed by atoms with Gasteiger partial charge < -0.3 is 15.5 Å². The summed E-state index contributed by atoms with van der Waals surface area (Å²) in [7, 11) is 0. The van der Waals surface area contributed by atoms with Crippen LogP contribution in [0.1, 0.15) is 32.3 Å². The first-order valence-corrected chi connectivity index (χ1v) is 6.75. The summed E-state index contributed by atoms with van der Waals surface area (Å²) in [6.45, 7) is 3.77. The SMILES string of the molecule is CCCC(C)C(=O)NC(Cc1ccc(O)cc1)C(=O)O. The highest BCUT2D eigenvalue weighted by Crippen LogP contribution is 2.12. The molecule has 0 spiro atoms. The molecule has 0 radical (unpaired) electrons. The molecule has 20 heavy (non-hydrogen) atoms. The zero-order chi connectivity index (χ0) is 15.1. The van der Waals surface area contributed by atoms with E-state index in [0.717, 1.165) is 18.4 Å². The van der Waals surface area contributed by atoms with Gasteiger partial charge in [0.05, 0.1) is 0 Å². The molecule has 1 aromatic rings. The van der Waals surface area contributed by atoms with Gasteiger partial charge in [0.25, 0.3) is 0 Å². The summed E-state index contributed by atoms with van der Waals surface area (Å²) < 4.78 is 0. The van der Waals surface area contributed by atoms with Gasteiger partial charge in [-0.15, -0.1) is 0 Å². The van der Waals surface area contributed by atoms with E-state index in [9.17, 15) is 19.8 Å². The van der Waals surface area contributed by atoms with E-state index in [1.807, 2.05) is 6.92 Å². The fourth-order valence-electron chi connectivity index (χ4n) is 1.95. The predicted molar refractivity (Wildman–Crippen MR) is 75.4 cm³/mol. The minimum absolute atomic E-state index is 0.126. The molecular formula is C15H21NO4. The number of carbonyl (C=O) groups is 2. The average Bonchev–Trinajstić information content (AvgIpc) is 2.40. The summed E-state index contributed by atoms with van der Waals surface area (Å²) in [6.07, 6.45) is 1.81. The maximum absolute atomic E-state index is 11.9. The molecule has 0 saturated carbocycles. The first-order valence-electron chi connectivity index (χ1n) is 6.75. The third-order valence-corrected chi connectivity index (χ3v) is 3.16. The minimum Gasteiger partial charge on any atom is -0.508 e. The van der Waals surface area contributed by atoms with Crippen LogP contribution in [0.3, 0.4) is 0 Å². The summed E-state index contributed by atoms with van der Waals surface area (Å²) in [5.41, 5.74) is 0.749. The number of phenols is 1. The van der Waals surface area contributed by atoms with E-state index in [2.05, 4.69) is 5.32 Å². The van der Waals surface area contributed by atoms with E-state index >= 15 is 0 Å². The zero-order valence-electron chi connectivity index (χ0n) is 11.8. The van der Waals surface area contributed by atoms with Gasteiger partial charge in [0.2, 0.25) is 5.91 Å². The molecule has 0 aliphatic rings. The Kier molecular flexibility index (Phi) is 6.03. The molecule has 0 aliphatic carbocycles. The van der Waals surface area contributed by atoms with E-state index in [-0.39, 0.29) is 24.0 Å². The maximum atomic E-state index is 11.9. The van der Waals surface area contributed by atoms with Crippen LogP contribution in [0.5, 0.6) is 5.75 Å². The molecule has 0 heterocycles. The van der Waals surface area contributed by atoms with Crippen molar-refractivity contribution in [3.8, 4) is 5.75 Å². The molecule has 3 N–H and O–H groups in total. The van der Waals surface area contributed by atoms with Crippen LogP contribution < -0.4 is 5.32 Å². The van der Waals surface area contributed by atoms with Crippen molar-refractivity contribution in [3.05, 3.63) is 29.8 Å². The number of aromatic hydroxyl groups is 1. The van der Waals surface area contributed by atoms with Gasteiger partial charge >= 0.3 is 5.97 Å². The number of phenolic OH excluding ortho intramolecular Hbond substituents is 1. The van der Waals surface area contributed by atoms with Crippen LogP contribution >= 0.6 is 0 Å². The first kappa shape index (κ1) is 16.0. The van der Waals surface area contributed by atoms with E-state index in [1.165, 1.54) is 12.1 Å². The Balaban J connectivity index is 2.67. The molecule has 0 aliphatic heterocycles. The number of carboxylic acid groups (broad SMARTS) is 1. The van der Waals surface area contributed by atoms with Gasteiger partial charge in [-0.05, 0) is 24.1 Å². The van der Waals surface area contributed by atoms with Crippen LogP contribution in [0.2, 0.25) is 0 Å². The van der Waals surface area contributed by atoms with Gasteiger partial charge in [-0.3, -0.25) is 4.79 Å². The standard InChI is InChI=1S/C15H21NO4/c1-3-4-10(2)14(18)16-13(15(19)20)9-11-5-7-12(17)8-6-11/h5-8,10,13,17H,3-4,9H2,1-2H3,(H,16,18)(H,19,20). The smallest absolute Gasteiger partial charge is 0.326 e. The van der Waals surface area contributed by atoms with Crippen molar-refractivity contribution in [3.63, 3.8) is 0 Å². The van der Waals surface area contributed by atoms with Crippen LogP contribution in [0.15, 0.2) is 24.3 Å². The molecule has 0 fully saturated rings. The van der Waals surface area contributed by atoms with E-state index < -0.39 is 12.0 Å². The Morgan fingerprint density at radius 2 is 1.85 bits per heavy atom. The van der Waals surface area contributed by atoms with Crippen LogP contribution in [0, 0.1) is 5.92 Å². The Morgan fingerprint density at radius 1 is 1.25 bits per heavy atom. The van der Waals surface area contributed by atoms with Crippen LogP contribution in [-0.4, -0.2) is 28.1 Å². The highest BCUT2D eigenvalue weighted by Gasteiger charge is 2.22. The third kappa shape index (κ3) is 4.91. The van der Waals surface area contributed by atoms with Crippen LogP contribution in [-0.2, 0) is 16.0 Å². The Labute approximate surface area is 118 Å². The molecule has 1 aromatic carbocycles. The second-order valence-corrected chi connectivity index (χ2v) is 4.96. The van der Waals surface area contributed by atoms with Crippen molar-refractivity contribution in [1.82, 2.24) is 5.32 Å². The molecule has 0 saturated heterocycles. The van der Waals surface area contributed by atoms with Gasteiger partial charge in [0.15, 0.2) is 0 Å². The number of amides is 1. The maximum Gasteiger partial charge on any atom is 0.326 e. The van der Waals surface area contributed by atoms with Crippen molar-refractivity contribution in [2.24, 2.45) is 5.92 Å². The van der Waals surface area contributed by atoms with Crippen molar-refractivity contribution < 1.29 is 19.8 Å². The molecular weight excluding hydrogens is 258 g/mol. The summed E-state index contributed by atoms with van der Waals surface area (Å²) >= 11 is 0. The monoisotopic (exact) mass is 279 g/mol. The fraction of sp³-hybridized carbons (Fsp3) is 0.467. The number of nitrogens with one attached hydrogen (secondary N) is 1. The molecule has 1 amide bonds. The lowest BCUT2D eigenvalue weighted by Gasteiger charge is -2.17. The fourth-order valence-corrected chi connectivity index (χ4v) is 1.95. The number of rotatable bonds is 7. The summed E-state index contributed by atoms with van der Waals surface area (Å²) in [4.78, 5) is 23.1. The largest absolute Gasteiger partial charge is 0.508 e. The molecule has 110 valence electrons. The van der Waals surface area contributed by atoms with Crippen molar-refractivity contribution in [2.45, 2.75) is 39.2 Å². The van der Waals surface area contributed by atoms with Crippen molar-refractivity contribution >= 4 is 11.9 Å². The third-order valence-electron chi connectivity index (χ3n) is 3.16. The number of hydrogen-bond acceptors (Lipinski definition) is 3. The number of carboxylic acids is 1. The Morgan fingerprint density at radius 3 is 2.35 bits per heavy atom. The lowest BCUT2D eigenvalue weighted by molar-refractivity contribution is -0.142. The number of aliphatic carboxylic acids is 1. The number of carbonyl (C=O) groups excluding carboxylic acids is 1. The molecule has 2 atom stereocenters. The van der Waals surface area contributed by atoms with E-state index in [4.69, 9.17) is 0 Å². The second-order valence-electron chi connectivity index (χ2n) is 4.96. The van der Waals surface area contributed by atoms with Gasteiger partial charge in [0, 0.05) is 12.3 Å². The van der Waals surface area contributed by atoms with Gasteiger partial charge in [-0.25, -0.2) is 4.79 Å². The highest BCUT2D eigenvalue weighted by molar-refractivity contribution is 5.84. The topological polar surface area (TPSA) is 86.6 Å². The Bertz CT molecular complexity index is 455. The Hall–Kier alpha value is -2.04. The van der Waals surface area contributed by atoms with Crippen LogP contribution in [0.4, 0.5) is 0 Å². The van der Waals surface area contributed by atoms with Gasteiger partial charge in [-0.1, -0.05) is 32.4 Å². The van der Waals surface area contributed by atoms with E-state index in [0.29, 0.717) is 0 Å². The van der Waals surface area contributed by atoms with E-state index in [1.54, 1.807) is 19.1 Å². The quantitative estimate of drug-likeness (QED) is 0.712. The normalized spacial score (nSPS) is 13.5. The second kappa shape index (κ2) is 7.53. The zero-order valence-corrected chi connectivity index (χ0v) is 11.8. The molecule has 0 aromatic heterocycles. The molecule has 5 heteroatoms. The highest BCUT2D eigenvalue weighted by atomic mass is 16.4. The number of hydrogen-bond donors (Lipinski definition) is 3. The summed E-state index contributed by atoms with van der Waals surface area (Å²) in [5.74, 6) is -1.36. The molecule has 5 nitrogen and oxygen atoms in total. The minimum atomic E-state index is -1.06. The van der Waals surface area contributed by atoms with Gasteiger partial charge in [-0.2, -0.15) is 0 Å².